The second-order valence-corrected chi connectivity index (χ2v) is 0. The zero-order valence-electron chi connectivity index (χ0n) is 2.92. The van der Waals surface area contributed by atoms with Crippen LogP contribution in [0.2, 0.25) is 0 Å². The first kappa shape index (κ1) is 52.0. The first-order chi connectivity index (χ1) is 2.00. The van der Waals surface area contributed by atoms with Gasteiger partial charge in [-0.05, 0) is 0 Å². The summed E-state index contributed by atoms with van der Waals surface area (Å²) in [6.45, 7) is 9.50. The van der Waals surface area contributed by atoms with Crippen LogP contribution in [0.4, 0.5) is 0 Å². The third-order valence-electron chi connectivity index (χ3n) is 0. The molecule has 0 atom stereocenters. The van der Waals surface area contributed by atoms with Gasteiger partial charge in [0, 0.05) is 16.5 Å². The Labute approximate surface area is 47.1 Å². The maximum absolute atomic E-state index is 6.25. The molecule has 0 spiro atoms. The van der Waals surface area contributed by atoms with Crippen LogP contribution in [-0.2, 0) is 16.5 Å². The molecule has 0 unspecified atom stereocenters. The van der Waals surface area contributed by atoms with E-state index in [1.165, 1.54) is 0 Å². The molecule has 0 aromatic rings. The molecule has 0 fully saturated rings. The molecule has 0 saturated carbocycles. The van der Waals surface area contributed by atoms with Gasteiger partial charge in [-0.1, -0.05) is 0 Å². The van der Waals surface area contributed by atoms with E-state index in [1.54, 1.807) is 0 Å². The molecule has 3 N–H and O–H groups in total. The predicted octanol–water partition coefficient (Wildman–Crippen LogP) is 0.352. The standard InChI is InChI=1S/2CN.H3N.Ni/c2*1-2;;/h;;1H3;. The minimum absolute atomic E-state index is 0. The summed E-state index contributed by atoms with van der Waals surface area (Å²) in [5.41, 5.74) is 0. The maximum atomic E-state index is 6.25. The molecule has 0 bridgehead atoms. The quantitative estimate of drug-likeness (QED) is 0.477. The molecule has 0 rings (SSSR count). The fourth-order valence-corrected chi connectivity index (χ4v) is 0. The van der Waals surface area contributed by atoms with Crippen molar-refractivity contribution in [3.05, 3.63) is 13.1 Å². The minimum Gasteiger partial charge on any atom is -0.344 e. The van der Waals surface area contributed by atoms with Crippen molar-refractivity contribution >= 4 is 0 Å². The second-order valence-electron chi connectivity index (χ2n) is 0. The van der Waals surface area contributed by atoms with Gasteiger partial charge in [-0.2, -0.15) is 10.5 Å². The van der Waals surface area contributed by atoms with Gasteiger partial charge in [0.1, 0.15) is 0 Å². The average Bonchev–Trinajstić information content (AvgIpc) is 1.50. The zero-order chi connectivity index (χ0) is 4.00. The summed E-state index contributed by atoms with van der Waals surface area (Å²) in [6, 6.07) is 0. The van der Waals surface area contributed by atoms with E-state index in [9.17, 15) is 0 Å². The fraction of sp³-hybridized carbons (Fsp3) is 0. The van der Waals surface area contributed by atoms with Gasteiger partial charge in [-0.25, -0.2) is 0 Å². The van der Waals surface area contributed by atoms with Gasteiger partial charge in [-0.3, -0.25) is 0 Å². The van der Waals surface area contributed by atoms with Crippen molar-refractivity contribution in [1.82, 2.24) is 6.15 Å². The summed E-state index contributed by atoms with van der Waals surface area (Å²) in [5.74, 6) is 0. The van der Waals surface area contributed by atoms with E-state index in [-0.39, 0.29) is 22.6 Å². The predicted molar refractivity (Wildman–Crippen MR) is 15.0 cm³/mol. The van der Waals surface area contributed by atoms with E-state index in [0.717, 1.165) is 0 Å². The van der Waals surface area contributed by atoms with Gasteiger partial charge in [0.25, 0.3) is 0 Å². The summed E-state index contributed by atoms with van der Waals surface area (Å²) < 4.78 is 0. The Hall–Kier alpha value is -0.566. The summed E-state index contributed by atoms with van der Waals surface area (Å²) >= 11 is 0. The van der Waals surface area contributed by atoms with E-state index in [0.29, 0.717) is 0 Å². The SMILES string of the molecule is N.[C]#N.[C]#N.[Ni]. The Kier molecular flexibility index (Phi) is 1410. The van der Waals surface area contributed by atoms with Crippen LogP contribution >= 0.6 is 0 Å². The average molecular weight is 128 g/mol. The molecule has 0 aliphatic heterocycles. The molecule has 0 aliphatic rings. The Bertz CT molecular complexity index is 24.3. The van der Waals surface area contributed by atoms with Gasteiger partial charge in [-0.15, -0.1) is 0 Å². The molecular weight excluding hydrogens is 125 g/mol. The first-order valence-electron chi connectivity index (χ1n) is 0.447. The molecule has 0 aromatic carbocycles. The summed E-state index contributed by atoms with van der Waals surface area (Å²) in [6.07, 6.45) is 0. The van der Waals surface area contributed by atoms with Gasteiger partial charge >= 0.3 is 0 Å². The number of hydrogen-bond acceptors (Lipinski definition) is 3. The van der Waals surface area contributed by atoms with Crippen LogP contribution in [0, 0.1) is 23.7 Å². The smallest absolute Gasteiger partial charge is 0.181 e. The Morgan fingerprint density at radius 2 is 0.833 bits per heavy atom. The molecule has 6 heavy (non-hydrogen) atoms. The van der Waals surface area contributed by atoms with Gasteiger partial charge in [0.05, 0.1) is 0 Å². The second kappa shape index (κ2) is 163. The van der Waals surface area contributed by atoms with Crippen molar-refractivity contribution < 1.29 is 16.5 Å². The van der Waals surface area contributed by atoms with E-state index >= 15 is 0 Å². The summed E-state index contributed by atoms with van der Waals surface area (Å²) in [4.78, 5) is 0. The number of hydrogen-bond donors (Lipinski definition) is 1. The van der Waals surface area contributed by atoms with E-state index in [4.69, 9.17) is 23.7 Å². The van der Waals surface area contributed by atoms with Crippen molar-refractivity contribution in [3.63, 3.8) is 0 Å². The molecule has 0 saturated heterocycles. The Morgan fingerprint density at radius 3 is 0.833 bits per heavy atom. The minimum atomic E-state index is 0. The monoisotopic (exact) mass is 127 g/mol. The first-order valence-corrected chi connectivity index (χ1v) is 0.447. The fourth-order valence-electron chi connectivity index (χ4n) is 0. The topological polar surface area (TPSA) is 82.6 Å². The molecule has 36 valence electrons. The molecule has 2 radical (unpaired) electrons. The molecule has 0 aliphatic carbocycles. The van der Waals surface area contributed by atoms with Crippen molar-refractivity contribution in [2.24, 2.45) is 0 Å². The third kappa shape index (κ3) is 63.4. The van der Waals surface area contributed by atoms with Crippen LogP contribution in [0.3, 0.4) is 0 Å². The molecule has 4 heteroatoms. The molecule has 0 amide bonds. The Morgan fingerprint density at radius 1 is 0.833 bits per heavy atom. The van der Waals surface area contributed by atoms with Crippen LogP contribution in [0.1, 0.15) is 0 Å². The van der Waals surface area contributed by atoms with E-state index in [1.807, 2.05) is 0 Å². The molecule has 0 aromatic heterocycles. The van der Waals surface area contributed by atoms with E-state index in [2.05, 4.69) is 0 Å². The molecule has 3 nitrogen and oxygen atoms in total. The van der Waals surface area contributed by atoms with Crippen molar-refractivity contribution in [2.75, 3.05) is 0 Å². The van der Waals surface area contributed by atoms with Crippen LogP contribution in [0.25, 0.3) is 0 Å². The van der Waals surface area contributed by atoms with Crippen molar-refractivity contribution in [3.8, 4) is 0 Å². The van der Waals surface area contributed by atoms with Gasteiger partial charge < -0.3 is 6.15 Å². The normalized spacial score (nSPS) is 0.667. The maximum Gasteiger partial charge on any atom is 0.181 e. The van der Waals surface area contributed by atoms with Gasteiger partial charge in [0.15, 0.2) is 13.1 Å². The number of nitrogens with zero attached hydrogens (tertiary/aromatic N) is 2. The van der Waals surface area contributed by atoms with Gasteiger partial charge in [0.2, 0.25) is 0 Å². The van der Waals surface area contributed by atoms with Crippen molar-refractivity contribution in [2.45, 2.75) is 0 Å². The van der Waals surface area contributed by atoms with Crippen molar-refractivity contribution in [1.29, 1.82) is 10.5 Å². The summed E-state index contributed by atoms with van der Waals surface area (Å²) in [7, 11) is 0. The van der Waals surface area contributed by atoms with Crippen LogP contribution in [0.5, 0.6) is 0 Å². The van der Waals surface area contributed by atoms with Crippen LogP contribution in [-0.4, -0.2) is 0 Å². The van der Waals surface area contributed by atoms with E-state index < -0.39 is 0 Å². The molecule has 0 heterocycles. The number of rotatable bonds is 0. The Balaban J connectivity index is -0.00000000500. The van der Waals surface area contributed by atoms with Crippen LogP contribution in [0.15, 0.2) is 0 Å². The zero-order valence-corrected chi connectivity index (χ0v) is 3.91. The van der Waals surface area contributed by atoms with Crippen LogP contribution < -0.4 is 6.15 Å². The summed E-state index contributed by atoms with van der Waals surface area (Å²) in [5, 5.41) is 12.5. The molecular formula is C2H3N3Ni. The third-order valence-corrected chi connectivity index (χ3v) is 0. The largest absolute Gasteiger partial charge is 0.344 e.